The summed E-state index contributed by atoms with van der Waals surface area (Å²) in [4.78, 5) is 14.2. The number of amides is 1. The van der Waals surface area contributed by atoms with Crippen LogP contribution in [0.5, 0.6) is 5.75 Å². The second kappa shape index (κ2) is 8.49. The minimum absolute atomic E-state index is 0.261. The van der Waals surface area contributed by atoms with Crippen molar-refractivity contribution in [3.8, 4) is 5.75 Å². The van der Waals surface area contributed by atoms with Crippen molar-refractivity contribution < 1.29 is 9.53 Å². The molecule has 0 radical (unpaired) electrons. The molecule has 2 aromatic rings. The van der Waals surface area contributed by atoms with Crippen LogP contribution in [0.25, 0.3) is 0 Å². The van der Waals surface area contributed by atoms with Crippen molar-refractivity contribution >= 4 is 33.7 Å². The molecular formula is C18H20BrN3O2. The Morgan fingerprint density at radius 1 is 1.29 bits per heavy atom. The predicted octanol–water partition coefficient (Wildman–Crippen LogP) is 3.68. The van der Waals surface area contributed by atoms with Crippen molar-refractivity contribution in [1.82, 2.24) is 5.43 Å². The fraction of sp³-hybridized carbons (Fsp3) is 0.222. The van der Waals surface area contributed by atoms with Gasteiger partial charge in [-0.15, -0.1) is 0 Å². The van der Waals surface area contributed by atoms with Crippen molar-refractivity contribution in [2.45, 2.75) is 6.92 Å². The minimum Gasteiger partial charge on any atom is -0.493 e. The van der Waals surface area contributed by atoms with Crippen molar-refractivity contribution in [3.63, 3.8) is 0 Å². The maximum Gasteiger partial charge on any atom is 0.273 e. The van der Waals surface area contributed by atoms with Crippen molar-refractivity contribution in [3.05, 3.63) is 58.1 Å². The van der Waals surface area contributed by atoms with E-state index >= 15 is 0 Å². The van der Waals surface area contributed by atoms with Crippen LogP contribution in [0.2, 0.25) is 0 Å². The summed E-state index contributed by atoms with van der Waals surface area (Å²) in [6, 6.07) is 13.0. The van der Waals surface area contributed by atoms with E-state index in [4.69, 9.17) is 4.74 Å². The van der Waals surface area contributed by atoms with Crippen molar-refractivity contribution in [2.75, 3.05) is 25.6 Å². The largest absolute Gasteiger partial charge is 0.493 e. The molecule has 5 nitrogen and oxygen atoms in total. The van der Waals surface area contributed by atoms with E-state index < -0.39 is 0 Å². The second-order valence-corrected chi connectivity index (χ2v) is 6.14. The van der Waals surface area contributed by atoms with Crippen LogP contribution in [0.3, 0.4) is 0 Å². The summed E-state index contributed by atoms with van der Waals surface area (Å²) in [5.41, 5.74) is 4.75. The molecule has 0 aliphatic carbocycles. The molecule has 1 amide bonds. The zero-order valence-electron chi connectivity index (χ0n) is 13.9. The number of anilines is 1. The molecule has 0 fully saturated rings. The van der Waals surface area contributed by atoms with E-state index in [-0.39, 0.29) is 5.91 Å². The molecule has 0 heterocycles. The third kappa shape index (κ3) is 4.58. The molecule has 0 aliphatic heterocycles. The Bertz CT molecular complexity index is 745. The Hall–Kier alpha value is -2.34. The smallest absolute Gasteiger partial charge is 0.273 e. The summed E-state index contributed by atoms with van der Waals surface area (Å²) in [5, 5.41) is 4.06. The van der Waals surface area contributed by atoms with Crippen LogP contribution >= 0.6 is 15.9 Å². The van der Waals surface area contributed by atoms with Gasteiger partial charge in [-0.05, 0) is 37.3 Å². The Morgan fingerprint density at radius 2 is 2.04 bits per heavy atom. The Balaban J connectivity index is 2.15. The number of ether oxygens (including phenoxy) is 1. The topological polar surface area (TPSA) is 53.9 Å². The maximum absolute atomic E-state index is 12.3. The van der Waals surface area contributed by atoms with E-state index in [9.17, 15) is 4.79 Å². The number of hydrazone groups is 1. The molecule has 0 saturated heterocycles. The van der Waals surface area contributed by atoms with Gasteiger partial charge in [-0.25, -0.2) is 5.43 Å². The number of hydrogen-bond acceptors (Lipinski definition) is 4. The van der Waals surface area contributed by atoms with Crippen LogP contribution in [-0.4, -0.2) is 32.8 Å². The van der Waals surface area contributed by atoms with E-state index in [2.05, 4.69) is 26.5 Å². The number of carbonyl (C=O) groups excluding carboxylic acids is 1. The molecule has 0 spiro atoms. The number of benzene rings is 2. The first-order valence-electron chi connectivity index (χ1n) is 7.55. The quantitative estimate of drug-likeness (QED) is 0.605. The third-order valence-corrected chi connectivity index (χ3v) is 3.77. The summed E-state index contributed by atoms with van der Waals surface area (Å²) < 4.78 is 6.47. The highest BCUT2D eigenvalue weighted by atomic mass is 79.9. The van der Waals surface area contributed by atoms with Gasteiger partial charge in [0.25, 0.3) is 5.91 Å². The molecule has 0 unspecified atom stereocenters. The number of rotatable bonds is 6. The van der Waals surface area contributed by atoms with Gasteiger partial charge in [0, 0.05) is 29.8 Å². The van der Waals surface area contributed by atoms with Crippen molar-refractivity contribution in [1.29, 1.82) is 0 Å². The summed E-state index contributed by atoms with van der Waals surface area (Å²) >= 11 is 3.42. The average molecular weight is 390 g/mol. The maximum atomic E-state index is 12.3. The molecule has 0 aliphatic rings. The summed E-state index contributed by atoms with van der Waals surface area (Å²) in [5.74, 6) is 0.455. The first-order valence-corrected chi connectivity index (χ1v) is 8.34. The second-order valence-electron chi connectivity index (χ2n) is 5.23. The lowest BCUT2D eigenvalue weighted by molar-refractivity contribution is 0.0955. The van der Waals surface area contributed by atoms with Gasteiger partial charge in [-0.2, -0.15) is 5.10 Å². The first kappa shape index (κ1) is 18.0. The number of nitrogens with one attached hydrogen (secondary N) is 1. The number of nitrogens with zero attached hydrogens (tertiary/aromatic N) is 2. The fourth-order valence-corrected chi connectivity index (χ4v) is 2.56. The van der Waals surface area contributed by atoms with Crippen LogP contribution in [0, 0.1) is 0 Å². The molecule has 2 aromatic carbocycles. The lowest BCUT2D eigenvalue weighted by Gasteiger charge is -2.15. The molecule has 6 heteroatoms. The summed E-state index contributed by atoms with van der Waals surface area (Å²) in [6.07, 6.45) is 1.58. The van der Waals surface area contributed by atoms with Gasteiger partial charge in [0.05, 0.1) is 18.4 Å². The lowest BCUT2D eigenvalue weighted by atomic mass is 10.1. The van der Waals surface area contributed by atoms with Gasteiger partial charge < -0.3 is 9.64 Å². The van der Waals surface area contributed by atoms with Gasteiger partial charge in [-0.1, -0.05) is 28.1 Å². The molecule has 0 saturated carbocycles. The number of halogens is 1. The first-order chi connectivity index (χ1) is 11.5. The molecule has 0 atom stereocenters. The van der Waals surface area contributed by atoms with Gasteiger partial charge >= 0.3 is 0 Å². The molecule has 2 rings (SSSR count). The highest BCUT2D eigenvalue weighted by molar-refractivity contribution is 9.10. The Kier molecular flexibility index (Phi) is 6.37. The SMILES string of the molecule is CCOc1ccc(Br)cc1C=NNC(=O)c1ccccc1N(C)C. The zero-order valence-corrected chi connectivity index (χ0v) is 15.5. The van der Waals surface area contributed by atoms with Crippen LogP contribution in [-0.2, 0) is 0 Å². The molecular weight excluding hydrogens is 370 g/mol. The highest BCUT2D eigenvalue weighted by Gasteiger charge is 2.11. The molecule has 1 N–H and O–H groups in total. The fourth-order valence-electron chi connectivity index (χ4n) is 2.18. The van der Waals surface area contributed by atoms with Crippen LogP contribution in [0.1, 0.15) is 22.8 Å². The normalized spacial score (nSPS) is 10.7. The molecule has 126 valence electrons. The number of hydrogen-bond donors (Lipinski definition) is 1. The van der Waals surface area contributed by atoms with E-state index in [1.807, 2.05) is 62.3 Å². The Morgan fingerprint density at radius 3 is 2.75 bits per heavy atom. The monoisotopic (exact) mass is 389 g/mol. The van der Waals surface area contributed by atoms with Crippen LogP contribution in [0.4, 0.5) is 5.69 Å². The number of carbonyl (C=O) groups is 1. The number of para-hydroxylation sites is 1. The molecule has 0 bridgehead atoms. The van der Waals surface area contributed by atoms with Crippen LogP contribution in [0.15, 0.2) is 52.0 Å². The predicted molar refractivity (Wildman–Crippen MR) is 101 cm³/mol. The van der Waals surface area contributed by atoms with Gasteiger partial charge in [0.1, 0.15) is 5.75 Å². The molecule has 0 aromatic heterocycles. The van der Waals surface area contributed by atoms with Gasteiger partial charge in [0.2, 0.25) is 0 Å². The van der Waals surface area contributed by atoms with Gasteiger partial charge in [-0.3, -0.25) is 4.79 Å². The lowest BCUT2D eigenvalue weighted by Crippen LogP contribution is -2.21. The van der Waals surface area contributed by atoms with E-state index in [1.54, 1.807) is 12.3 Å². The van der Waals surface area contributed by atoms with Crippen LogP contribution < -0.4 is 15.1 Å². The highest BCUT2D eigenvalue weighted by Crippen LogP contribution is 2.22. The van der Waals surface area contributed by atoms with E-state index in [1.165, 1.54) is 0 Å². The Labute approximate surface area is 150 Å². The standard InChI is InChI=1S/C18H20BrN3O2/c1-4-24-17-10-9-14(19)11-13(17)12-20-21-18(23)15-7-5-6-8-16(15)22(2)3/h5-12H,4H2,1-3H3,(H,21,23). The van der Waals surface area contributed by atoms with Gasteiger partial charge in [0.15, 0.2) is 0 Å². The van der Waals surface area contributed by atoms with Crippen molar-refractivity contribution in [2.24, 2.45) is 5.10 Å². The van der Waals surface area contributed by atoms with E-state index in [0.29, 0.717) is 17.9 Å². The summed E-state index contributed by atoms with van der Waals surface area (Å²) in [7, 11) is 3.79. The zero-order chi connectivity index (χ0) is 17.5. The third-order valence-electron chi connectivity index (χ3n) is 3.27. The molecule has 24 heavy (non-hydrogen) atoms. The van der Waals surface area contributed by atoms with E-state index in [0.717, 1.165) is 15.7 Å². The minimum atomic E-state index is -0.261. The summed E-state index contributed by atoms with van der Waals surface area (Å²) in [6.45, 7) is 2.48. The average Bonchev–Trinajstić information content (AvgIpc) is 2.57.